The van der Waals surface area contributed by atoms with E-state index in [9.17, 15) is 8.42 Å². The van der Waals surface area contributed by atoms with E-state index >= 15 is 0 Å². The van der Waals surface area contributed by atoms with Crippen LogP contribution in [0.4, 0.5) is 0 Å². The first-order chi connectivity index (χ1) is 10.9. The molecular weight excluding hydrogens is 308 g/mol. The molecule has 0 amide bonds. The highest BCUT2D eigenvalue weighted by molar-refractivity contribution is 7.90. The normalized spacial score (nSPS) is 11.6. The number of aryl methyl sites for hydroxylation is 3. The number of rotatable bonds is 3. The van der Waals surface area contributed by atoms with Crippen LogP contribution >= 0.6 is 0 Å². The van der Waals surface area contributed by atoms with Crippen LogP contribution in [0, 0.1) is 20.8 Å². The molecule has 0 spiro atoms. The van der Waals surface area contributed by atoms with Crippen molar-refractivity contribution in [3.05, 3.63) is 71.5 Å². The molecule has 0 saturated heterocycles. The Morgan fingerprint density at radius 2 is 1.61 bits per heavy atom. The molecule has 4 nitrogen and oxygen atoms in total. The summed E-state index contributed by atoms with van der Waals surface area (Å²) >= 11 is 0. The lowest BCUT2D eigenvalue weighted by Crippen LogP contribution is -2.14. The fourth-order valence-corrected chi connectivity index (χ4v) is 3.88. The summed E-state index contributed by atoms with van der Waals surface area (Å²) in [5, 5.41) is 0. The second-order valence-electron chi connectivity index (χ2n) is 5.62. The van der Waals surface area contributed by atoms with Gasteiger partial charge < -0.3 is 0 Å². The van der Waals surface area contributed by atoms with E-state index in [1.165, 1.54) is 3.97 Å². The second-order valence-corrected chi connectivity index (χ2v) is 7.43. The fourth-order valence-electron chi connectivity index (χ4n) is 2.43. The minimum absolute atomic E-state index is 0.273. The van der Waals surface area contributed by atoms with Crippen LogP contribution in [0.5, 0.6) is 0 Å². The molecule has 0 unspecified atom stereocenters. The van der Waals surface area contributed by atoms with Crippen LogP contribution < -0.4 is 0 Å². The largest absolute Gasteiger partial charge is 0.269 e. The van der Waals surface area contributed by atoms with Crippen molar-refractivity contribution in [1.29, 1.82) is 0 Å². The highest BCUT2D eigenvalue weighted by atomic mass is 32.2. The van der Waals surface area contributed by atoms with Gasteiger partial charge in [-0.15, -0.1) is 0 Å². The summed E-state index contributed by atoms with van der Waals surface area (Å²) in [6.07, 6.45) is 1.56. The van der Waals surface area contributed by atoms with Gasteiger partial charge in [-0.3, -0.25) is 0 Å². The van der Waals surface area contributed by atoms with Gasteiger partial charge in [0.15, 0.2) is 5.82 Å². The van der Waals surface area contributed by atoms with E-state index in [1.54, 1.807) is 25.3 Å². The van der Waals surface area contributed by atoms with Crippen molar-refractivity contribution in [1.82, 2.24) is 8.96 Å². The van der Waals surface area contributed by atoms with Crippen molar-refractivity contribution >= 4 is 10.0 Å². The molecule has 3 aromatic rings. The topological polar surface area (TPSA) is 52.0 Å². The van der Waals surface area contributed by atoms with Crippen LogP contribution in [0.25, 0.3) is 11.4 Å². The van der Waals surface area contributed by atoms with Gasteiger partial charge in [-0.05, 0) is 44.0 Å². The van der Waals surface area contributed by atoms with Crippen molar-refractivity contribution in [3.63, 3.8) is 0 Å². The minimum Gasteiger partial charge on any atom is -0.233 e. The molecule has 118 valence electrons. The minimum atomic E-state index is -3.68. The van der Waals surface area contributed by atoms with Gasteiger partial charge in [-0.1, -0.05) is 36.4 Å². The molecule has 1 aromatic heterocycles. The molecule has 0 fully saturated rings. The molecule has 3 rings (SSSR count). The number of hydrogen-bond acceptors (Lipinski definition) is 3. The summed E-state index contributed by atoms with van der Waals surface area (Å²) in [7, 11) is -3.68. The van der Waals surface area contributed by atoms with Gasteiger partial charge in [0.05, 0.1) is 10.6 Å². The van der Waals surface area contributed by atoms with Gasteiger partial charge in [0.2, 0.25) is 0 Å². The van der Waals surface area contributed by atoms with E-state index in [4.69, 9.17) is 0 Å². The summed E-state index contributed by atoms with van der Waals surface area (Å²) < 4.78 is 27.3. The summed E-state index contributed by atoms with van der Waals surface area (Å²) in [5.41, 5.74) is 3.45. The molecule has 2 aromatic carbocycles. The first kappa shape index (κ1) is 15.5. The van der Waals surface area contributed by atoms with Gasteiger partial charge in [0, 0.05) is 11.8 Å². The van der Waals surface area contributed by atoms with Crippen LogP contribution in [0.2, 0.25) is 0 Å². The maximum absolute atomic E-state index is 13.0. The molecule has 0 bridgehead atoms. The second kappa shape index (κ2) is 5.66. The van der Waals surface area contributed by atoms with Gasteiger partial charge in [-0.2, -0.15) is 0 Å². The molecule has 0 N–H and O–H groups in total. The molecule has 5 heteroatoms. The van der Waals surface area contributed by atoms with E-state index in [0.717, 1.165) is 16.7 Å². The Hall–Kier alpha value is -2.40. The Kier molecular flexibility index (Phi) is 3.82. The lowest BCUT2D eigenvalue weighted by atomic mass is 10.1. The zero-order valence-electron chi connectivity index (χ0n) is 13.3. The van der Waals surface area contributed by atoms with E-state index in [0.29, 0.717) is 11.5 Å². The van der Waals surface area contributed by atoms with Crippen molar-refractivity contribution < 1.29 is 8.42 Å². The van der Waals surface area contributed by atoms with Crippen molar-refractivity contribution in [3.8, 4) is 11.4 Å². The van der Waals surface area contributed by atoms with Crippen molar-refractivity contribution in [2.45, 2.75) is 25.7 Å². The predicted octanol–water partition coefficient (Wildman–Crippen LogP) is 3.71. The molecular formula is C18H18N2O2S. The van der Waals surface area contributed by atoms with Crippen LogP contribution in [0.15, 0.2) is 59.6 Å². The summed E-state index contributed by atoms with van der Waals surface area (Å²) in [5.74, 6) is 0.432. The zero-order valence-corrected chi connectivity index (χ0v) is 14.1. The van der Waals surface area contributed by atoms with Crippen molar-refractivity contribution in [2.75, 3.05) is 0 Å². The molecule has 0 radical (unpaired) electrons. The maximum atomic E-state index is 13.0. The third-order valence-electron chi connectivity index (χ3n) is 3.86. The molecule has 23 heavy (non-hydrogen) atoms. The van der Waals surface area contributed by atoms with Crippen LogP contribution in [-0.2, 0) is 10.0 Å². The summed E-state index contributed by atoms with van der Waals surface area (Å²) in [4.78, 5) is 4.67. The molecule has 0 aliphatic rings. The maximum Gasteiger partial charge on any atom is 0.269 e. The molecule has 0 aliphatic heterocycles. The van der Waals surface area contributed by atoms with Gasteiger partial charge in [0.1, 0.15) is 0 Å². The van der Waals surface area contributed by atoms with Gasteiger partial charge in [-0.25, -0.2) is 17.4 Å². The Labute approximate surface area is 136 Å². The van der Waals surface area contributed by atoms with E-state index in [-0.39, 0.29) is 4.90 Å². The fraction of sp³-hybridized carbons (Fsp3) is 0.167. The highest BCUT2D eigenvalue weighted by Gasteiger charge is 2.22. The summed E-state index contributed by atoms with van der Waals surface area (Å²) in [6, 6.07) is 14.5. The van der Waals surface area contributed by atoms with E-state index in [1.807, 2.05) is 50.2 Å². The van der Waals surface area contributed by atoms with Gasteiger partial charge >= 0.3 is 0 Å². The van der Waals surface area contributed by atoms with Crippen LogP contribution in [-0.4, -0.2) is 17.4 Å². The number of aromatic nitrogens is 2. The molecule has 1 heterocycles. The van der Waals surface area contributed by atoms with Crippen LogP contribution in [0.3, 0.4) is 0 Å². The van der Waals surface area contributed by atoms with Gasteiger partial charge in [0.25, 0.3) is 10.0 Å². The smallest absolute Gasteiger partial charge is 0.233 e. The number of imidazole rings is 1. The Morgan fingerprint density at radius 3 is 2.26 bits per heavy atom. The lowest BCUT2D eigenvalue weighted by molar-refractivity contribution is 0.587. The average Bonchev–Trinajstić information content (AvgIpc) is 2.93. The zero-order chi connectivity index (χ0) is 16.6. The van der Waals surface area contributed by atoms with E-state index < -0.39 is 10.0 Å². The van der Waals surface area contributed by atoms with Crippen molar-refractivity contribution in [2.24, 2.45) is 0 Å². The Balaban J connectivity index is 2.20. The number of nitrogens with zero attached hydrogens (tertiary/aromatic N) is 2. The number of benzene rings is 2. The first-order valence-corrected chi connectivity index (χ1v) is 8.78. The Morgan fingerprint density at radius 1 is 0.913 bits per heavy atom. The molecule has 0 aliphatic carbocycles. The highest BCUT2D eigenvalue weighted by Crippen LogP contribution is 2.25. The third-order valence-corrected chi connectivity index (χ3v) is 5.51. The lowest BCUT2D eigenvalue weighted by Gasteiger charge is -2.11. The van der Waals surface area contributed by atoms with Crippen LogP contribution in [0.1, 0.15) is 16.8 Å². The number of hydrogen-bond donors (Lipinski definition) is 0. The SMILES string of the molecule is Cc1cn(S(=O)(=O)c2ccc(C)c(C)c2)c(-c2ccccc2)n1. The quantitative estimate of drug-likeness (QED) is 0.737. The third kappa shape index (κ3) is 2.80. The van der Waals surface area contributed by atoms with E-state index in [2.05, 4.69) is 4.98 Å². The Bertz CT molecular complexity index is 958. The predicted molar refractivity (Wildman–Crippen MR) is 90.9 cm³/mol. The average molecular weight is 326 g/mol. The molecule has 0 atom stereocenters. The monoisotopic (exact) mass is 326 g/mol. The summed E-state index contributed by atoms with van der Waals surface area (Å²) in [6.45, 7) is 5.66. The first-order valence-electron chi connectivity index (χ1n) is 7.34. The standard InChI is InChI=1S/C18H18N2O2S/c1-13-9-10-17(11-14(13)2)23(21,22)20-12-15(3)19-18(20)16-7-5-4-6-8-16/h4-12H,1-3H3. The molecule has 0 saturated carbocycles.